The van der Waals surface area contributed by atoms with Crippen LogP contribution < -0.4 is 0 Å². The molecule has 3 nitrogen and oxygen atoms in total. The van der Waals surface area contributed by atoms with Crippen molar-refractivity contribution in [1.82, 2.24) is 15.0 Å². The minimum atomic E-state index is 0.0812. The Morgan fingerprint density at radius 2 is 0.933 bits per heavy atom. The van der Waals surface area contributed by atoms with Crippen molar-refractivity contribution in [3.63, 3.8) is 0 Å². The molecule has 0 saturated carbocycles. The van der Waals surface area contributed by atoms with Gasteiger partial charge in [0, 0.05) is 0 Å². The molecule has 2 heterocycles. The summed E-state index contributed by atoms with van der Waals surface area (Å²) in [6.45, 7) is 0. The van der Waals surface area contributed by atoms with Crippen molar-refractivity contribution in [3.05, 3.63) is 152 Å². The van der Waals surface area contributed by atoms with Crippen LogP contribution in [0.1, 0.15) is 0 Å². The second kappa shape index (κ2) is 10.6. The van der Waals surface area contributed by atoms with Crippen LogP contribution in [0.25, 0.3) is 86.1 Å². The van der Waals surface area contributed by atoms with Crippen molar-refractivity contribution in [2.24, 2.45) is 0 Å². The minimum absolute atomic E-state index is 0.0812. The van der Waals surface area contributed by atoms with Gasteiger partial charge in [-0.1, -0.05) is 0 Å². The molecule has 0 aliphatic carbocycles. The van der Waals surface area contributed by atoms with Crippen LogP contribution in [0.15, 0.2) is 152 Å². The van der Waals surface area contributed by atoms with E-state index in [0.717, 1.165) is 27.8 Å². The van der Waals surface area contributed by atoms with Gasteiger partial charge >= 0.3 is 267 Å². The van der Waals surface area contributed by atoms with E-state index in [9.17, 15) is 0 Å². The van der Waals surface area contributed by atoms with Crippen molar-refractivity contribution in [1.29, 1.82) is 0 Å². The van der Waals surface area contributed by atoms with Crippen molar-refractivity contribution in [2.45, 2.75) is 0 Å². The van der Waals surface area contributed by atoms with Crippen molar-refractivity contribution in [2.75, 3.05) is 0 Å². The molecule has 7 aromatic carbocycles. The molecular weight excluding hydrogens is 613 g/mol. The van der Waals surface area contributed by atoms with E-state index < -0.39 is 0 Å². The van der Waals surface area contributed by atoms with Gasteiger partial charge in [0.05, 0.1) is 0 Å². The Morgan fingerprint density at radius 1 is 0.356 bits per heavy atom. The van der Waals surface area contributed by atoms with E-state index in [2.05, 4.69) is 127 Å². The van der Waals surface area contributed by atoms with E-state index in [4.69, 9.17) is 15.0 Å². The summed E-state index contributed by atoms with van der Waals surface area (Å²) in [5, 5.41) is 7.85. The zero-order valence-electron chi connectivity index (χ0n) is 24.2. The van der Waals surface area contributed by atoms with Gasteiger partial charge in [-0.05, 0) is 0 Å². The number of nitrogens with zero attached hydrogens (tertiary/aromatic N) is 3. The van der Waals surface area contributed by atoms with Crippen LogP contribution in [-0.2, 0) is 0 Å². The number of hydrogen-bond acceptors (Lipinski definition) is 3. The number of rotatable bonds is 4. The molecule has 210 valence electrons. The summed E-state index contributed by atoms with van der Waals surface area (Å²) in [4.78, 5) is 15.3. The summed E-state index contributed by atoms with van der Waals surface area (Å²) in [6.07, 6.45) is 0. The maximum absolute atomic E-state index is 5.17. The van der Waals surface area contributed by atoms with Gasteiger partial charge in [0.15, 0.2) is 0 Å². The number of aromatic nitrogens is 3. The van der Waals surface area contributed by atoms with Crippen LogP contribution in [-0.4, -0.2) is 29.5 Å². The average Bonchev–Trinajstić information content (AvgIpc) is 3.51. The van der Waals surface area contributed by atoms with E-state index in [1.54, 1.807) is 0 Å². The molecule has 9 rings (SSSR count). The molecule has 0 radical (unpaired) electrons. The first-order valence-electron chi connectivity index (χ1n) is 15.0. The van der Waals surface area contributed by atoms with E-state index in [1.807, 2.05) is 24.3 Å². The predicted octanol–water partition coefficient (Wildman–Crippen LogP) is 10.2. The SMILES string of the molecule is c1ccc(-c2cccc(-c3nc(-c4ccccc4)nc(-c4cccc5c4[se]c4c5ccc5ccc6ccccc6c54)n3)c2)cc1. The summed E-state index contributed by atoms with van der Waals surface area (Å²) in [7, 11) is 0. The monoisotopic (exact) mass is 639 g/mol. The Bertz CT molecular complexity index is 2540. The third-order valence-electron chi connectivity index (χ3n) is 8.51. The van der Waals surface area contributed by atoms with E-state index in [0.29, 0.717) is 17.5 Å². The van der Waals surface area contributed by atoms with Gasteiger partial charge in [-0.15, -0.1) is 0 Å². The predicted molar refractivity (Wildman–Crippen MR) is 189 cm³/mol. The molecule has 0 bridgehead atoms. The molecule has 9 aromatic rings. The Kier molecular flexibility index (Phi) is 6.15. The van der Waals surface area contributed by atoms with E-state index in [-0.39, 0.29) is 14.5 Å². The standard InChI is InChI=1S/C41H25N3Se/c1-3-11-26(12-4-1)30-16-9-17-31(25-30)40-42-39(29-14-5-2-6-15-29)43-41(44-40)35-20-10-19-33-34-24-23-28-22-21-27-13-7-8-18-32(27)36(28)38(34)45-37(33)35/h1-25H. The van der Waals surface area contributed by atoms with Crippen molar-refractivity contribution in [3.8, 4) is 45.3 Å². The molecule has 0 fully saturated rings. The molecule has 0 aliphatic rings. The third kappa shape index (κ3) is 4.46. The zero-order valence-corrected chi connectivity index (χ0v) is 25.9. The summed E-state index contributed by atoms with van der Waals surface area (Å²) in [5.41, 5.74) is 5.32. The molecule has 0 saturated heterocycles. The van der Waals surface area contributed by atoms with Gasteiger partial charge in [0.25, 0.3) is 0 Å². The van der Waals surface area contributed by atoms with Gasteiger partial charge in [-0.25, -0.2) is 0 Å². The average molecular weight is 639 g/mol. The van der Waals surface area contributed by atoms with Crippen LogP contribution in [0.5, 0.6) is 0 Å². The number of benzene rings is 7. The van der Waals surface area contributed by atoms with Crippen molar-refractivity contribution >= 4 is 55.3 Å². The topological polar surface area (TPSA) is 38.7 Å². The summed E-state index contributed by atoms with van der Waals surface area (Å²) >= 11 is 0.0812. The Labute approximate surface area is 266 Å². The van der Waals surface area contributed by atoms with Crippen LogP contribution in [0.2, 0.25) is 0 Å². The van der Waals surface area contributed by atoms with Crippen LogP contribution in [0.4, 0.5) is 0 Å². The molecule has 2 aromatic heterocycles. The molecule has 45 heavy (non-hydrogen) atoms. The Hall–Kier alpha value is -5.41. The fraction of sp³-hybridized carbons (Fsp3) is 0. The van der Waals surface area contributed by atoms with Gasteiger partial charge < -0.3 is 0 Å². The zero-order chi connectivity index (χ0) is 29.7. The van der Waals surface area contributed by atoms with Gasteiger partial charge in [-0.3, -0.25) is 0 Å². The van der Waals surface area contributed by atoms with Crippen LogP contribution in [0, 0.1) is 0 Å². The second-order valence-electron chi connectivity index (χ2n) is 11.2. The number of hydrogen-bond donors (Lipinski definition) is 0. The summed E-state index contributed by atoms with van der Waals surface area (Å²) < 4.78 is 2.77. The maximum atomic E-state index is 5.17. The number of fused-ring (bicyclic) bond motifs is 7. The second-order valence-corrected chi connectivity index (χ2v) is 13.4. The first-order valence-corrected chi connectivity index (χ1v) is 16.7. The fourth-order valence-electron chi connectivity index (χ4n) is 6.33. The molecule has 0 aliphatic heterocycles. The van der Waals surface area contributed by atoms with Crippen molar-refractivity contribution < 1.29 is 0 Å². The molecular formula is C41H25N3Se. The molecule has 0 unspecified atom stereocenters. The van der Waals surface area contributed by atoms with Gasteiger partial charge in [0.2, 0.25) is 0 Å². The molecule has 0 amide bonds. The van der Waals surface area contributed by atoms with E-state index >= 15 is 0 Å². The normalized spacial score (nSPS) is 11.6. The molecule has 4 heteroatoms. The van der Waals surface area contributed by atoms with Crippen LogP contribution >= 0.6 is 0 Å². The Balaban J connectivity index is 1.29. The van der Waals surface area contributed by atoms with Gasteiger partial charge in [0.1, 0.15) is 0 Å². The molecule has 0 atom stereocenters. The molecule has 0 spiro atoms. The first kappa shape index (κ1) is 26.0. The van der Waals surface area contributed by atoms with Crippen LogP contribution in [0.3, 0.4) is 0 Å². The summed E-state index contributed by atoms with van der Waals surface area (Å²) in [5.74, 6) is 2.07. The fourth-order valence-corrected chi connectivity index (χ4v) is 9.22. The third-order valence-corrected chi connectivity index (χ3v) is 11.2. The Morgan fingerprint density at radius 3 is 1.78 bits per heavy atom. The van der Waals surface area contributed by atoms with E-state index in [1.165, 1.54) is 40.8 Å². The first-order chi connectivity index (χ1) is 22.3. The summed E-state index contributed by atoms with van der Waals surface area (Å²) in [6, 6.07) is 53.5. The molecule has 0 N–H and O–H groups in total. The van der Waals surface area contributed by atoms with Gasteiger partial charge in [-0.2, -0.15) is 0 Å². The quantitative estimate of drug-likeness (QED) is 0.142.